The molecule has 3 rings (SSSR count). The van der Waals surface area contributed by atoms with Crippen molar-refractivity contribution in [1.82, 2.24) is 4.90 Å². The van der Waals surface area contributed by atoms with Crippen LogP contribution in [0.5, 0.6) is 0 Å². The van der Waals surface area contributed by atoms with E-state index >= 15 is 0 Å². The molecule has 6 heteroatoms. The van der Waals surface area contributed by atoms with Gasteiger partial charge in [-0.1, -0.05) is 36.2 Å². The molecule has 4 atom stereocenters. The van der Waals surface area contributed by atoms with Crippen LogP contribution in [-0.2, 0) is 9.59 Å². The van der Waals surface area contributed by atoms with Crippen LogP contribution in [0.2, 0.25) is 10.0 Å². The van der Waals surface area contributed by atoms with E-state index in [1.807, 2.05) is 13.0 Å². The molecule has 0 bridgehead atoms. The van der Waals surface area contributed by atoms with E-state index in [4.69, 9.17) is 23.2 Å². The molecular weight excluding hydrogens is 337 g/mol. The second kappa shape index (κ2) is 6.33. The fourth-order valence-electron chi connectivity index (χ4n) is 3.56. The number of hydrogen-bond acceptors (Lipinski definition) is 2. The molecule has 1 aliphatic carbocycles. The molecule has 1 aliphatic heterocycles. The van der Waals surface area contributed by atoms with Crippen molar-refractivity contribution < 1.29 is 14.7 Å². The van der Waals surface area contributed by atoms with E-state index in [0.717, 1.165) is 12.0 Å². The van der Waals surface area contributed by atoms with Gasteiger partial charge in [-0.3, -0.25) is 9.59 Å². The van der Waals surface area contributed by atoms with Crippen molar-refractivity contribution >= 4 is 35.1 Å². The van der Waals surface area contributed by atoms with E-state index < -0.39 is 11.9 Å². The molecule has 0 radical (unpaired) electrons. The lowest BCUT2D eigenvalue weighted by Crippen LogP contribution is -2.46. The number of benzene rings is 1. The number of nitrogens with zero attached hydrogens (tertiary/aromatic N) is 1. The van der Waals surface area contributed by atoms with Gasteiger partial charge in [-0.2, -0.15) is 0 Å². The van der Waals surface area contributed by atoms with Crippen molar-refractivity contribution in [2.24, 2.45) is 17.8 Å². The van der Waals surface area contributed by atoms with E-state index in [2.05, 4.69) is 0 Å². The first-order chi connectivity index (χ1) is 10.9. The Labute approximate surface area is 145 Å². The molecule has 0 spiro atoms. The van der Waals surface area contributed by atoms with Crippen LogP contribution in [0.4, 0.5) is 0 Å². The third-order valence-electron chi connectivity index (χ3n) is 4.79. The molecule has 1 heterocycles. The standard InChI is InChI=1S/C17H19Cl2NO3/c1-9-4-10(17(22)23)8-20(7-9)16(21)14-6-13(14)12-3-2-11(18)5-15(12)19/h2-3,5,9-10,13-14H,4,6-8H2,1H3,(H,22,23). The number of carboxylic acid groups (broad SMARTS) is 1. The summed E-state index contributed by atoms with van der Waals surface area (Å²) in [6.07, 6.45) is 1.40. The predicted molar refractivity (Wildman–Crippen MR) is 88.8 cm³/mol. The summed E-state index contributed by atoms with van der Waals surface area (Å²) in [6.45, 7) is 2.95. The average Bonchev–Trinajstić information content (AvgIpc) is 3.26. The molecule has 1 amide bonds. The van der Waals surface area contributed by atoms with Crippen molar-refractivity contribution in [2.45, 2.75) is 25.7 Å². The highest BCUT2D eigenvalue weighted by Gasteiger charge is 2.47. The molecule has 1 aromatic carbocycles. The summed E-state index contributed by atoms with van der Waals surface area (Å²) in [5, 5.41) is 10.4. The monoisotopic (exact) mass is 355 g/mol. The van der Waals surface area contributed by atoms with Crippen molar-refractivity contribution in [1.29, 1.82) is 0 Å². The van der Waals surface area contributed by atoms with E-state index in [0.29, 0.717) is 29.6 Å². The molecule has 1 N–H and O–H groups in total. The van der Waals surface area contributed by atoms with E-state index in [1.54, 1.807) is 17.0 Å². The van der Waals surface area contributed by atoms with Crippen LogP contribution in [0.1, 0.15) is 31.2 Å². The van der Waals surface area contributed by atoms with Gasteiger partial charge in [0.05, 0.1) is 5.92 Å². The lowest BCUT2D eigenvalue weighted by Gasteiger charge is -2.35. The Morgan fingerprint density at radius 1 is 1.22 bits per heavy atom. The molecule has 124 valence electrons. The minimum Gasteiger partial charge on any atom is -0.481 e. The molecule has 1 aromatic rings. The fourth-order valence-corrected chi connectivity index (χ4v) is 4.11. The summed E-state index contributed by atoms with van der Waals surface area (Å²) in [6, 6.07) is 5.36. The van der Waals surface area contributed by atoms with Gasteiger partial charge in [-0.25, -0.2) is 0 Å². The molecule has 4 nitrogen and oxygen atoms in total. The Balaban J connectivity index is 1.69. The molecule has 2 aliphatic rings. The summed E-state index contributed by atoms with van der Waals surface area (Å²) < 4.78 is 0. The quantitative estimate of drug-likeness (QED) is 0.899. The summed E-state index contributed by atoms with van der Waals surface area (Å²) in [5.41, 5.74) is 0.953. The molecular formula is C17H19Cl2NO3. The number of halogens is 2. The second-order valence-corrected chi connectivity index (χ2v) is 7.58. The zero-order valence-corrected chi connectivity index (χ0v) is 14.3. The Hall–Kier alpha value is -1.26. The minimum atomic E-state index is -0.817. The van der Waals surface area contributed by atoms with Gasteiger partial charge in [0.15, 0.2) is 0 Å². The first-order valence-electron chi connectivity index (χ1n) is 7.83. The third kappa shape index (κ3) is 3.48. The van der Waals surface area contributed by atoms with Gasteiger partial charge in [-0.05, 0) is 42.4 Å². The maximum atomic E-state index is 12.7. The van der Waals surface area contributed by atoms with Gasteiger partial charge in [-0.15, -0.1) is 0 Å². The first kappa shape index (κ1) is 16.6. The number of aliphatic carboxylic acids is 1. The van der Waals surface area contributed by atoms with E-state index in [-0.39, 0.29) is 23.7 Å². The summed E-state index contributed by atoms with van der Waals surface area (Å²) in [5.74, 6) is -0.980. The Kier molecular flexibility index (Phi) is 4.56. The number of amides is 1. The summed E-state index contributed by atoms with van der Waals surface area (Å²) in [4.78, 5) is 25.7. The largest absolute Gasteiger partial charge is 0.481 e. The van der Waals surface area contributed by atoms with Crippen molar-refractivity contribution in [3.05, 3.63) is 33.8 Å². The smallest absolute Gasteiger partial charge is 0.308 e. The number of likely N-dealkylation sites (tertiary alicyclic amines) is 1. The second-order valence-electron chi connectivity index (χ2n) is 6.73. The third-order valence-corrected chi connectivity index (χ3v) is 5.35. The highest BCUT2D eigenvalue weighted by Crippen LogP contribution is 2.51. The van der Waals surface area contributed by atoms with Crippen LogP contribution in [0, 0.1) is 17.8 Å². The Morgan fingerprint density at radius 3 is 2.61 bits per heavy atom. The Bertz CT molecular complexity index is 649. The number of carbonyl (C=O) groups excluding carboxylic acids is 1. The van der Waals surface area contributed by atoms with Crippen molar-refractivity contribution in [2.75, 3.05) is 13.1 Å². The maximum absolute atomic E-state index is 12.7. The number of carboxylic acids is 1. The highest BCUT2D eigenvalue weighted by atomic mass is 35.5. The topological polar surface area (TPSA) is 57.6 Å². The van der Waals surface area contributed by atoms with Crippen LogP contribution in [-0.4, -0.2) is 35.0 Å². The van der Waals surface area contributed by atoms with Crippen LogP contribution in [0.15, 0.2) is 18.2 Å². The molecule has 1 saturated heterocycles. The molecule has 0 aromatic heterocycles. The zero-order chi connectivity index (χ0) is 16.7. The summed E-state index contributed by atoms with van der Waals surface area (Å²) in [7, 11) is 0. The maximum Gasteiger partial charge on any atom is 0.308 e. The SMILES string of the molecule is CC1CC(C(=O)O)CN(C(=O)C2CC2c2ccc(Cl)cc2Cl)C1. The zero-order valence-electron chi connectivity index (χ0n) is 12.8. The van der Waals surface area contributed by atoms with Gasteiger partial charge < -0.3 is 10.0 Å². The average molecular weight is 356 g/mol. The van der Waals surface area contributed by atoms with E-state index in [1.165, 1.54) is 0 Å². The Morgan fingerprint density at radius 2 is 1.96 bits per heavy atom. The molecule has 1 saturated carbocycles. The van der Waals surface area contributed by atoms with Crippen LogP contribution < -0.4 is 0 Å². The van der Waals surface area contributed by atoms with Crippen LogP contribution in [0.3, 0.4) is 0 Å². The fraction of sp³-hybridized carbons (Fsp3) is 0.529. The number of carbonyl (C=O) groups is 2. The van der Waals surface area contributed by atoms with Gasteiger partial charge >= 0.3 is 5.97 Å². The molecule has 2 fully saturated rings. The molecule has 4 unspecified atom stereocenters. The van der Waals surface area contributed by atoms with Gasteiger partial charge in [0.1, 0.15) is 0 Å². The number of piperidine rings is 1. The van der Waals surface area contributed by atoms with Crippen LogP contribution in [0.25, 0.3) is 0 Å². The van der Waals surface area contributed by atoms with Gasteiger partial charge in [0.25, 0.3) is 0 Å². The summed E-state index contributed by atoms with van der Waals surface area (Å²) >= 11 is 12.1. The number of hydrogen-bond donors (Lipinski definition) is 1. The predicted octanol–water partition coefficient (Wildman–Crippen LogP) is 3.67. The van der Waals surface area contributed by atoms with Gasteiger partial charge in [0, 0.05) is 29.1 Å². The van der Waals surface area contributed by atoms with E-state index in [9.17, 15) is 14.7 Å². The lowest BCUT2D eigenvalue weighted by molar-refractivity contribution is -0.147. The first-order valence-corrected chi connectivity index (χ1v) is 8.59. The highest BCUT2D eigenvalue weighted by molar-refractivity contribution is 6.35. The molecule has 23 heavy (non-hydrogen) atoms. The lowest BCUT2D eigenvalue weighted by atomic mass is 9.90. The normalized spacial score (nSPS) is 30.1. The number of rotatable bonds is 3. The minimum absolute atomic E-state index is 0.0545. The van der Waals surface area contributed by atoms with Gasteiger partial charge in [0.2, 0.25) is 5.91 Å². The van der Waals surface area contributed by atoms with Crippen molar-refractivity contribution in [3.63, 3.8) is 0 Å². The van der Waals surface area contributed by atoms with Crippen molar-refractivity contribution in [3.8, 4) is 0 Å². The van der Waals surface area contributed by atoms with Crippen LogP contribution >= 0.6 is 23.2 Å².